The Morgan fingerprint density at radius 1 is 1.14 bits per heavy atom. The van der Waals surface area contributed by atoms with E-state index in [0.29, 0.717) is 5.56 Å². The number of allylic oxidation sites excluding steroid dienone is 1. The van der Waals surface area contributed by atoms with Crippen LogP contribution in [-0.4, -0.2) is 23.8 Å². The summed E-state index contributed by atoms with van der Waals surface area (Å²) in [5, 5.41) is 0. The fourth-order valence-corrected chi connectivity index (χ4v) is 1.81. The molecule has 2 rings (SSSR count). The zero-order chi connectivity index (χ0) is 15.2. The van der Waals surface area contributed by atoms with Crippen molar-refractivity contribution >= 4 is 17.8 Å². The van der Waals surface area contributed by atoms with Gasteiger partial charge in [-0.15, -0.1) is 0 Å². The summed E-state index contributed by atoms with van der Waals surface area (Å²) in [5.41, 5.74) is 0.813. The van der Waals surface area contributed by atoms with Gasteiger partial charge in [-0.25, -0.2) is 4.79 Å². The van der Waals surface area contributed by atoms with Crippen LogP contribution in [0.3, 0.4) is 0 Å². The highest BCUT2D eigenvalue weighted by Crippen LogP contribution is 2.12. The molecule has 1 aromatic heterocycles. The number of carbonyl (C=O) groups is 2. The van der Waals surface area contributed by atoms with Crippen LogP contribution in [0.5, 0.6) is 0 Å². The highest BCUT2D eigenvalue weighted by Gasteiger charge is 2.14. The predicted molar refractivity (Wildman–Crippen MR) is 78.2 cm³/mol. The molecule has 0 spiro atoms. The van der Waals surface area contributed by atoms with Crippen LogP contribution in [-0.2, 0) is 4.74 Å². The first-order chi connectivity index (χ1) is 10.1. The maximum Gasteiger partial charge on any atom is 0.338 e. The van der Waals surface area contributed by atoms with Crippen LogP contribution in [0.2, 0.25) is 0 Å². The highest BCUT2D eigenvalue weighted by atomic mass is 16.5. The summed E-state index contributed by atoms with van der Waals surface area (Å²) >= 11 is 0. The molecule has 2 aromatic rings. The predicted octanol–water partition coefficient (Wildman–Crippen LogP) is 2.06. The van der Waals surface area contributed by atoms with Crippen LogP contribution >= 0.6 is 0 Å². The van der Waals surface area contributed by atoms with Crippen LogP contribution < -0.4 is 5.56 Å². The summed E-state index contributed by atoms with van der Waals surface area (Å²) in [6, 6.07) is 9.44. The molecule has 0 radical (unpaired) electrons. The van der Waals surface area contributed by atoms with E-state index in [2.05, 4.69) is 9.72 Å². The Hall–Kier alpha value is -2.95. The van der Waals surface area contributed by atoms with Gasteiger partial charge in [0.05, 0.1) is 12.7 Å². The molecule has 0 atom stereocenters. The number of aromatic nitrogens is 1. The minimum Gasteiger partial charge on any atom is -0.465 e. The van der Waals surface area contributed by atoms with Crippen molar-refractivity contribution < 1.29 is 14.3 Å². The maximum absolute atomic E-state index is 12.2. The lowest BCUT2D eigenvalue weighted by Gasteiger charge is -2.04. The molecule has 106 valence electrons. The molecule has 1 N–H and O–H groups in total. The van der Waals surface area contributed by atoms with Gasteiger partial charge in [-0.1, -0.05) is 24.3 Å². The van der Waals surface area contributed by atoms with Crippen molar-refractivity contribution in [1.29, 1.82) is 0 Å². The van der Waals surface area contributed by atoms with Crippen molar-refractivity contribution in [1.82, 2.24) is 4.98 Å². The number of H-pyrrole nitrogens is 1. The first-order valence-electron chi connectivity index (χ1n) is 6.20. The minimum atomic E-state index is -0.566. The number of nitrogens with one attached hydrogen (secondary N) is 1. The standard InChI is InChI=1S/C16H13NO4/c1-21-16(20)13-5-3-2-4-12(13)14(18)7-6-11-8-9-17-15(19)10-11/h2-10H,1H3,(H,17,19)/b7-6+. The monoisotopic (exact) mass is 283 g/mol. The Kier molecular flexibility index (Phi) is 4.46. The molecule has 1 heterocycles. The molecule has 0 fully saturated rings. The molecule has 0 saturated heterocycles. The van der Waals surface area contributed by atoms with E-state index in [1.807, 2.05) is 0 Å². The fraction of sp³-hybridized carbons (Fsp3) is 0.0625. The van der Waals surface area contributed by atoms with Crippen molar-refractivity contribution in [3.8, 4) is 0 Å². The Bertz CT molecular complexity index is 759. The number of methoxy groups -OCH3 is 1. The third-order valence-corrected chi connectivity index (χ3v) is 2.82. The fourth-order valence-electron chi connectivity index (χ4n) is 1.81. The zero-order valence-corrected chi connectivity index (χ0v) is 11.3. The second kappa shape index (κ2) is 6.47. The molecule has 5 heteroatoms. The number of benzene rings is 1. The SMILES string of the molecule is COC(=O)c1ccccc1C(=O)/C=C/c1cc[nH]c(=O)c1. The number of esters is 1. The quantitative estimate of drug-likeness (QED) is 0.529. The van der Waals surface area contributed by atoms with Crippen molar-refractivity contribution in [3.05, 3.63) is 75.7 Å². The van der Waals surface area contributed by atoms with Crippen LogP contribution in [0.15, 0.2) is 53.5 Å². The van der Waals surface area contributed by atoms with Gasteiger partial charge >= 0.3 is 5.97 Å². The summed E-state index contributed by atoms with van der Waals surface area (Å²) < 4.78 is 4.64. The van der Waals surface area contributed by atoms with E-state index in [-0.39, 0.29) is 22.5 Å². The van der Waals surface area contributed by atoms with Crippen molar-refractivity contribution in [2.24, 2.45) is 0 Å². The van der Waals surface area contributed by atoms with Gasteiger partial charge in [-0.2, -0.15) is 0 Å². The number of ether oxygens (including phenoxy) is 1. The molecule has 0 saturated carbocycles. The van der Waals surface area contributed by atoms with Crippen LogP contribution in [0, 0.1) is 0 Å². The summed E-state index contributed by atoms with van der Waals surface area (Å²) in [6.07, 6.45) is 4.33. The van der Waals surface area contributed by atoms with Gasteiger partial charge in [0.1, 0.15) is 0 Å². The molecule has 0 aliphatic rings. The normalized spacial score (nSPS) is 10.5. The molecule has 5 nitrogen and oxygen atoms in total. The summed E-state index contributed by atoms with van der Waals surface area (Å²) in [5.74, 6) is -0.903. The van der Waals surface area contributed by atoms with Gasteiger partial charge in [-0.3, -0.25) is 9.59 Å². The molecule has 0 amide bonds. The first kappa shape index (κ1) is 14.5. The van der Waals surface area contributed by atoms with Crippen LogP contribution in [0.4, 0.5) is 0 Å². The van der Waals surface area contributed by atoms with Crippen molar-refractivity contribution in [3.63, 3.8) is 0 Å². The van der Waals surface area contributed by atoms with Gasteiger partial charge < -0.3 is 9.72 Å². The molecule has 0 bridgehead atoms. The number of pyridine rings is 1. The largest absolute Gasteiger partial charge is 0.465 e. The molecular weight excluding hydrogens is 270 g/mol. The third-order valence-electron chi connectivity index (χ3n) is 2.82. The van der Waals surface area contributed by atoms with E-state index < -0.39 is 5.97 Å². The molecule has 1 aromatic carbocycles. The number of rotatable bonds is 4. The zero-order valence-electron chi connectivity index (χ0n) is 11.3. The number of aromatic amines is 1. The molecular formula is C16H13NO4. The number of hydrogen-bond donors (Lipinski definition) is 1. The van der Waals surface area contributed by atoms with Gasteiger partial charge in [-0.05, 0) is 23.8 Å². The van der Waals surface area contributed by atoms with Gasteiger partial charge in [0.15, 0.2) is 5.78 Å². The summed E-state index contributed by atoms with van der Waals surface area (Å²) in [6.45, 7) is 0. The number of hydrogen-bond acceptors (Lipinski definition) is 4. The lowest BCUT2D eigenvalue weighted by atomic mass is 10.0. The van der Waals surface area contributed by atoms with E-state index in [0.717, 1.165) is 0 Å². The Labute approximate surface area is 120 Å². The van der Waals surface area contributed by atoms with Crippen LogP contribution in [0.25, 0.3) is 6.08 Å². The van der Waals surface area contributed by atoms with Crippen LogP contribution in [0.1, 0.15) is 26.3 Å². The van der Waals surface area contributed by atoms with E-state index >= 15 is 0 Å². The van der Waals surface area contributed by atoms with Crippen molar-refractivity contribution in [2.75, 3.05) is 7.11 Å². The molecule has 21 heavy (non-hydrogen) atoms. The summed E-state index contributed by atoms with van der Waals surface area (Å²) in [7, 11) is 1.26. The Balaban J connectivity index is 2.29. The van der Waals surface area contributed by atoms with E-state index in [4.69, 9.17) is 0 Å². The number of ketones is 1. The van der Waals surface area contributed by atoms with Gasteiger partial charge in [0.25, 0.3) is 0 Å². The van der Waals surface area contributed by atoms with Gasteiger partial charge in [0.2, 0.25) is 5.56 Å². The summed E-state index contributed by atoms with van der Waals surface area (Å²) in [4.78, 5) is 37.4. The van der Waals surface area contributed by atoms with E-state index in [1.54, 1.807) is 24.3 Å². The molecule has 0 unspecified atom stereocenters. The molecule has 0 aliphatic carbocycles. The maximum atomic E-state index is 12.2. The average molecular weight is 283 g/mol. The average Bonchev–Trinajstić information content (AvgIpc) is 2.52. The first-order valence-corrected chi connectivity index (χ1v) is 6.20. The smallest absolute Gasteiger partial charge is 0.338 e. The van der Waals surface area contributed by atoms with E-state index in [1.165, 1.54) is 37.6 Å². The minimum absolute atomic E-state index is 0.209. The van der Waals surface area contributed by atoms with Crippen molar-refractivity contribution in [2.45, 2.75) is 0 Å². The topological polar surface area (TPSA) is 76.2 Å². The lowest BCUT2D eigenvalue weighted by Crippen LogP contribution is -2.08. The highest BCUT2D eigenvalue weighted by molar-refractivity contribution is 6.12. The Morgan fingerprint density at radius 2 is 1.86 bits per heavy atom. The second-order valence-corrected chi connectivity index (χ2v) is 4.22. The lowest BCUT2D eigenvalue weighted by molar-refractivity contribution is 0.0597. The van der Waals surface area contributed by atoms with E-state index in [9.17, 15) is 14.4 Å². The van der Waals surface area contributed by atoms with Gasteiger partial charge in [0, 0.05) is 17.8 Å². The number of carbonyl (C=O) groups excluding carboxylic acids is 2. The Morgan fingerprint density at radius 3 is 2.52 bits per heavy atom. The second-order valence-electron chi connectivity index (χ2n) is 4.22. The third kappa shape index (κ3) is 3.54. The molecule has 0 aliphatic heterocycles.